The molecule has 2 N–H and O–H groups in total. The van der Waals surface area contributed by atoms with Crippen molar-refractivity contribution in [1.82, 2.24) is 20.4 Å². The molecule has 1 unspecified atom stereocenters. The normalized spacial score (nSPS) is 20.3. The number of rotatable bonds is 9. The van der Waals surface area contributed by atoms with Crippen molar-refractivity contribution in [3.63, 3.8) is 0 Å². The van der Waals surface area contributed by atoms with Gasteiger partial charge in [0.1, 0.15) is 5.82 Å². The predicted octanol–water partition coefficient (Wildman–Crippen LogP) is 3.30. The van der Waals surface area contributed by atoms with E-state index in [1.165, 1.54) is 13.1 Å². The maximum atomic E-state index is 14.2. The zero-order chi connectivity index (χ0) is 20.7. The Morgan fingerprint density at radius 3 is 2.37 bits per heavy atom. The summed E-state index contributed by atoms with van der Waals surface area (Å²) >= 11 is 0. The first-order valence-corrected chi connectivity index (χ1v) is 11.3. The lowest BCUT2D eigenvalue weighted by Crippen LogP contribution is -2.48. The molecule has 7 heteroatoms. The number of aliphatic imine (C=N–C) groups is 1. The van der Waals surface area contributed by atoms with E-state index in [1.54, 1.807) is 12.1 Å². The third-order valence-electron chi connectivity index (χ3n) is 6.28. The van der Waals surface area contributed by atoms with Crippen LogP contribution < -0.4 is 10.6 Å². The van der Waals surface area contributed by atoms with Gasteiger partial charge in [0.05, 0.1) is 6.54 Å². The van der Waals surface area contributed by atoms with Gasteiger partial charge < -0.3 is 20.4 Å². The summed E-state index contributed by atoms with van der Waals surface area (Å²) in [5.41, 5.74) is 0.706. The monoisotopic (exact) mass is 531 g/mol. The van der Waals surface area contributed by atoms with Crippen molar-refractivity contribution in [3.05, 3.63) is 35.6 Å². The molecule has 170 valence electrons. The predicted molar refractivity (Wildman–Crippen MR) is 134 cm³/mol. The number of nitrogens with one attached hydrogen (secondary N) is 2. The van der Waals surface area contributed by atoms with Crippen molar-refractivity contribution in [2.24, 2.45) is 10.9 Å². The van der Waals surface area contributed by atoms with Gasteiger partial charge in [-0.3, -0.25) is 4.99 Å². The number of hydrogen-bond acceptors (Lipinski definition) is 3. The first-order chi connectivity index (χ1) is 14.1. The van der Waals surface area contributed by atoms with Crippen molar-refractivity contribution >= 4 is 29.9 Å². The van der Waals surface area contributed by atoms with Crippen molar-refractivity contribution in [1.29, 1.82) is 0 Å². The molecule has 1 aromatic carbocycles. The van der Waals surface area contributed by atoms with E-state index in [0.29, 0.717) is 12.5 Å². The van der Waals surface area contributed by atoms with Gasteiger partial charge in [-0.2, -0.15) is 0 Å². The van der Waals surface area contributed by atoms with E-state index in [2.05, 4.69) is 41.2 Å². The fourth-order valence-corrected chi connectivity index (χ4v) is 4.19. The van der Waals surface area contributed by atoms with Gasteiger partial charge in [-0.1, -0.05) is 32.0 Å². The molecule has 0 bridgehead atoms. The van der Waals surface area contributed by atoms with E-state index in [0.717, 1.165) is 63.6 Å². The third kappa shape index (κ3) is 7.05. The Labute approximate surface area is 198 Å². The molecule has 0 spiro atoms. The molecule has 1 saturated heterocycles. The Kier molecular flexibility index (Phi) is 10.3. The Morgan fingerprint density at radius 1 is 1.10 bits per heavy atom. The molecular formula is C23H39FIN5. The molecule has 2 fully saturated rings. The van der Waals surface area contributed by atoms with Gasteiger partial charge in [-0.15, -0.1) is 24.0 Å². The van der Waals surface area contributed by atoms with Gasteiger partial charge in [-0.05, 0) is 43.9 Å². The van der Waals surface area contributed by atoms with E-state index in [9.17, 15) is 4.39 Å². The van der Waals surface area contributed by atoms with Crippen molar-refractivity contribution < 1.29 is 4.39 Å². The first kappa shape index (κ1) is 25.3. The fourth-order valence-electron chi connectivity index (χ4n) is 4.19. The Hall–Kier alpha value is -0.930. The number of likely N-dealkylation sites (N-methyl/N-ethyl adjacent to an activating group) is 1. The molecule has 1 aliphatic heterocycles. The second-order valence-electron chi connectivity index (χ2n) is 8.68. The largest absolute Gasteiger partial charge is 0.357 e. The van der Waals surface area contributed by atoms with Gasteiger partial charge in [0, 0.05) is 51.2 Å². The molecule has 5 nitrogen and oxygen atoms in total. The quantitative estimate of drug-likeness (QED) is 0.292. The summed E-state index contributed by atoms with van der Waals surface area (Å²) in [5, 5.41) is 6.85. The Balaban J connectivity index is 0.00000320. The summed E-state index contributed by atoms with van der Waals surface area (Å²) in [4.78, 5) is 9.89. The van der Waals surface area contributed by atoms with Gasteiger partial charge in [0.2, 0.25) is 0 Å². The molecule has 2 aliphatic rings. The highest BCUT2D eigenvalue weighted by atomic mass is 127. The highest BCUT2D eigenvalue weighted by molar-refractivity contribution is 14.0. The van der Waals surface area contributed by atoms with Crippen LogP contribution in [0, 0.1) is 11.7 Å². The molecule has 1 saturated carbocycles. The number of benzene rings is 1. The minimum Gasteiger partial charge on any atom is -0.357 e. The van der Waals surface area contributed by atoms with E-state index >= 15 is 0 Å². The van der Waals surface area contributed by atoms with Crippen LogP contribution >= 0.6 is 24.0 Å². The van der Waals surface area contributed by atoms with E-state index < -0.39 is 0 Å². The maximum absolute atomic E-state index is 14.2. The Morgan fingerprint density at radius 2 is 1.77 bits per heavy atom. The SMILES string of the molecule is CCNC(=NCC1(c2ccccc2F)CC1)NCC(C)CN1CCN(CC)CC1.I. The lowest BCUT2D eigenvalue weighted by atomic mass is 9.95. The van der Waals surface area contributed by atoms with Gasteiger partial charge >= 0.3 is 0 Å². The summed E-state index contributed by atoms with van der Waals surface area (Å²) in [6, 6.07) is 7.16. The van der Waals surface area contributed by atoms with Crippen LogP contribution in [-0.4, -0.2) is 74.7 Å². The third-order valence-corrected chi connectivity index (χ3v) is 6.28. The lowest BCUT2D eigenvalue weighted by molar-refractivity contribution is 0.124. The summed E-state index contributed by atoms with van der Waals surface area (Å²) in [6.45, 7) is 15.9. The van der Waals surface area contributed by atoms with E-state index in [4.69, 9.17) is 4.99 Å². The highest BCUT2D eigenvalue weighted by Gasteiger charge is 2.45. The molecule has 1 heterocycles. The van der Waals surface area contributed by atoms with Gasteiger partial charge in [0.25, 0.3) is 0 Å². The summed E-state index contributed by atoms with van der Waals surface area (Å²) in [6.07, 6.45) is 2.02. The topological polar surface area (TPSA) is 42.9 Å². The maximum Gasteiger partial charge on any atom is 0.191 e. The lowest BCUT2D eigenvalue weighted by Gasteiger charge is -2.35. The summed E-state index contributed by atoms with van der Waals surface area (Å²) in [5.74, 6) is 1.29. The van der Waals surface area contributed by atoms with Crippen LogP contribution in [0.15, 0.2) is 29.3 Å². The minimum absolute atomic E-state index is 0. The summed E-state index contributed by atoms with van der Waals surface area (Å²) < 4.78 is 14.2. The van der Waals surface area contributed by atoms with E-state index in [1.807, 2.05) is 12.1 Å². The first-order valence-electron chi connectivity index (χ1n) is 11.3. The standard InChI is InChI=1S/C23H38FN5.HI/c1-4-25-22(26-16-19(3)17-29-14-12-28(5-2)13-15-29)27-18-23(10-11-23)20-8-6-7-9-21(20)24;/h6-9,19H,4-5,10-18H2,1-3H3,(H2,25,26,27);1H. The van der Waals surface area contributed by atoms with Crippen molar-refractivity contribution in [2.75, 3.05) is 58.9 Å². The molecule has 3 rings (SSSR count). The van der Waals surface area contributed by atoms with Crippen LogP contribution in [-0.2, 0) is 5.41 Å². The average molecular weight is 532 g/mol. The number of guanidine groups is 1. The molecular weight excluding hydrogens is 492 g/mol. The van der Waals surface area contributed by atoms with Crippen LogP contribution in [0.5, 0.6) is 0 Å². The van der Waals surface area contributed by atoms with Crippen molar-refractivity contribution in [3.8, 4) is 0 Å². The van der Waals surface area contributed by atoms with Crippen molar-refractivity contribution in [2.45, 2.75) is 39.0 Å². The number of piperazine rings is 1. The molecule has 1 atom stereocenters. The second kappa shape index (κ2) is 12.2. The zero-order valence-corrected chi connectivity index (χ0v) is 21.1. The van der Waals surface area contributed by atoms with Crippen LogP contribution in [0.1, 0.15) is 39.2 Å². The van der Waals surface area contributed by atoms with Crippen LogP contribution in [0.25, 0.3) is 0 Å². The van der Waals surface area contributed by atoms with Crippen LogP contribution in [0.2, 0.25) is 0 Å². The number of halogens is 2. The molecule has 0 radical (unpaired) electrons. The van der Waals surface area contributed by atoms with Gasteiger partial charge in [-0.25, -0.2) is 4.39 Å². The molecule has 0 amide bonds. The fraction of sp³-hybridized carbons (Fsp3) is 0.696. The Bertz CT molecular complexity index is 671. The molecule has 1 aliphatic carbocycles. The van der Waals surface area contributed by atoms with Crippen LogP contribution in [0.4, 0.5) is 4.39 Å². The number of hydrogen-bond donors (Lipinski definition) is 2. The molecule has 30 heavy (non-hydrogen) atoms. The summed E-state index contributed by atoms with van der Waals surface area (Å²) in [7, 11) is 0. The number of nitrogens with zero attached hydrogens (tertiary/aromatic N) is 3. The van der Waals surface area contributed by atoms with Crippen LogP contribution in [0.3, 0.4) is 0 Å². The minimum atomic E-state index is -0.113. The van der Waals surface area contributed by atoms with E-state index in [-0.39, 0.29) is 35.2 Å². The zero-order valence-electron chi connectivity index (χ0n) is 18.8. The highest BCUT2D eigenvalue weighted by Crippen LogP contribution is 2.49. The van der Waals surface area contributed by atoms with Gasteiger partial charge in [0.15, 0.2) is 5.96 Å². The molecule has 0 aromatic heterocycles. The average Bonchev–Trinajstić information content (AvgIpc) is 3.52. The smallest absolute Gasteiger partial charge is 0.191 e. The molecule has 1 aromatic rings. The second-order valence-corrected chi connectivity index (χ2v) is 8.68.